The first-order valence-corrected chi connectivity index (χ1v) is 13.0. The molecule has 12 heteroatoms. The van der Waals surface area contributed by atoms with Gasteiger partial charge in [0.25, 0.3) is 0 Å². The molecule has 1 N–H and O–H groups in total. The maximum Gasteiger partial charge on any atom is 0.417 e. The fourth-order valence-electron chi connectivity index (χ4n) is 4.88. The minimum atomic E-state index is -4.77. The summed E-state index contributed by atoms with van der Waals surface area (Å²) in [4.78, 5) is 21.7. The van der Waals surface area contributed by atoms with E-state index in [1.54, 1.807) is 11.1 Å². The molecule has 36 heavy (non-hydrogen) atoms. The van der Waals surface area contributed by atoms with Crippen molar-refractivity contribution >= 4 is 27.5 Å². The molecule has 2 aromatic carbocycles. The number of nitrogens with zero attached hydrogens (tertiary/aromatic N) is 3. The van der Waals surface area contributed by atoms with E-state index in [1.807, 2.05) is 30.3 Å². The molecule has 1 amide bonds. The van der Waals surface area contributed by atoms with E-state index < -0.39 is 31.7 Å². The van der Waals surface area contributed by atoms with Crippen molar-refractivity contribution in [2.75, 3.05) is 13.1 Å². The van der Waals surface area contributed by atoms with Crippen LogP contribution in [0, 0.1) is 17.8 Å². The molecule has 0 bridgehead atoms. The van der Waals surface area contributed by atoms with Crippen molar-refractivity contribution in [1.82, 2.24) is 19.2 Å². The number of aromatic nitrogens is 2. The second kappa shape index (κ2) is 9.20. The van der Waals surface area contributed by atoms with Gasteiger partial charge in [-0.15, -0.1) is 0 Å². The number of fused-ring (bicyclic) bond motifs is 1. The van der Waals surface area contributed by atoms with Crippen LogP contribution < -0.4 is 0 Å². The fraction of sp³-hybridized carbons (Fsp3) is 0.333. The van der Waals surface area contributed by atoms with E-state index in [9.17, 15) is 26.4 Å². The lowest BCUT2D eigenvalue weighted by atomic mass is 10.1. The Hall–Kier alpha value is -2.89. The highest BCUT2D eigenvalue weighted by atomic mass is 35.5. The number of alkyl halides is 3. The SMILES string of the molecule is O=C(C1[C@H]2CN(S(=O)(=O)c3ccc(Cl)c(C(F)(F)F)c3)C[C@H]12)N(Cc1ccccc1)Cc1cnc[nH]1. The summed E-state index contributed by atoms with van der Waals surface area (Å²) < 4.78 is 67.0. The first-order chi connectivity index (χ1) is 17.1. The quantitative estimate of drug-likeness (QED) is 0.489. The Bertz CT molecular complexity index is 1350. The van der Waals surface area contributed by atoms with E-state index in [-0.39, 0.29) is 36.8 Å². The van der Waals surface area contributed by atoms with Gasteiger partial charge >= 0.3 is 6.18 Å². The van der Waals surface area contributed by atoms with Crippen molar-refractivity contribution in [3.05, 3.63) is 82.9 Å². The number of carbonyl (C=O) groups excluding carboxylic acids is 1. The molecule has 2 heterocycles. The lowest BCUT2D eigenvalue weighted by Gasteiger charge is -2.25. The Kier molecular flexibility index (Phi) is 6.34. The number of amides is 1. The number of hydrogen-bond acceptors (Lipinski definition) is 4. The number of sulfonamides is 1. The summed E-state index contributed by atoms with van der Waals surface area (Å²) in [5, 5.41) is -0.563. The minimum absolute atomic E-state index is 0.0775. The largest absolute Gasteiger partial charge is 0.417 e. The van der Waals surface area contributed by atoms with Crippen LogP contribution in [0.5, 0.6) is 0 Å². The predicted octanol–water partition coefficient (Wildman–Crippen LogP) is 4.18. The van der Waals surface area contributed by atoms with Crippen LogP contribution in [0.2, 0.25) is 5.02 Å². The molecule has 1 saturated carbocycles. The number of carbonyl (C=O) groups is 1. The minimum Gasteiger partial charge on any atom is -0.347 e. The third kappa shape index (κ3) is 4.74. The van der Waals surface area contributed by atoms with Crippen LogP contribution in [0.4, 0.5) is 13.2 Å². The zero-order valence-electron chi connectivity index (χ0n) is 18.8. The van der Waals surface area contributed by atoms with Crippen LogP contribution in [-0.4, -0.2) is 46.6 Å². The summed E-state index contributed by atoms with van der Waals surface area (Å²) in [6.45, 7) is 0.881. The summed E-state index contributed by atoms with van der Waals surface area (Å²) in [5.74, 6) is -0.770. The van der Waals surface area contributed by atoms with Crippen molar-refractivity contribution in [3.8, 4) is 0 Å². The molecule has 5 rings (SSSR count). The molecule has 1 aliphatic carbocycles. The standard InChI is InChI=1S/C24H22ClF3N4O3S/c25-21-7-6-17(8-20(21)24(26,27)28)36(34,35)32-12-18-19(13-32)22(18)23(33)31(11-16-9-29-14-30-16)10-15-4-2-1-3-5-15/h1-9,14,18-19,22H,10-13H2,(H,29,30)/t18-,19-/m0/s1. The number of nitrogens with one attached hydrogen (secondary N) is 1. The van der Waals surface area contributed by atoms with Crippen molar-refractivity contribution in [2.45, 2.75) is 24.2 Å². The van der Waals surface area contributed by atoms with Crippen molar-refractivity contribution < 1.29 is 26.4 Å². The van der Waals surface area contributed by atoms with Crippen LogP contribution >= 0.6 is 11.6 Å². The second-order valence-electron chi connectivity index (χ2n) is 9.07. The number of imidazole rings is 1. The van der Waals surface area contributed by atoms with Crippen LogP contribution in [0.1, 0.15) is 16.8 Å². The number of benzene rings is 2. The first kappa shape index (κ1) is 24.8. The molecule has 2 aliphatic rings. The van der Waals surface area contributed by atoms with Gasteiger partial charge in [0, 0.05) is 31.7 Å². The van der Waals surface area contributed by atoms with Gasteiger partial charge in [-0.2, -0.15) is 17.5 Å². The number of rotatable bonds is 7. The number of piperidine rings is 1. The molecule has 0 spiro atoms. The summed E-state index contributed by atoms with van der Waals surface area (Å²) in [6.07, 6.45) is -1.59. The summed E-state index contributed by atoms with van der Waals surface area (Å²) >= 11 is 5.64. The Morgan fingerprint density at radius 3 is 2.42 bits per heavy atom. The maximum atomic E-state index is 13.5. The van der Waals surface area contributed by atoms with E-state index in [4.69, 9.17) is 11.6 Å². The summed E-state index contributed by atoms with van der Waals surface area (Å²) in [7, 11) is -4.16. The third-order valence-electron chi connectivity index (χ3n) is 6.77. The number of hydrogen-bond donors (Lipinski definition) is 1. The molecule has 1 saturated heterocycles. The molecular weight excluding hydrogens is 517 g/mol. The van der Waals surface area contributed by atoms with Crippen LogP contribution in [-0.2, 0) is 34.1 Å². The second-order valence-corrected chi connectivity index (χ2v) is 11.4. The maximum absolute atomic E-state index is 13.5. The van der Waals surface area contributed by atoms with Gasteiger partial charge in [-0.3, -0.25) is 4.79 Å². The van der Waals surface area contributed by atoms with Gasteiger partial charge in [0.1, 0.15) is 0 Å². The molecule has 0 radical (unpaired) electrons. The number of halogens is 4. The molecule has 0 unspecified atom stereocenters. The van der Waals surface area contributed by atoms with Crippen molar-refractivity contribution in [2.24, 2.45) is 17.8 Å². The Morgan fingerprint density at radius 1 is 1.11 bits per heavy atom. The van der Waals surface area contributed by atoms with Gasteiger partial charge in [0.05, 0.1) is 34.0 Å². The number of aromatic amines is 1. The smallest absolute Gasteiger partial charge is 0.347 e. The molecule has 1 aromatic heterocycles. The molecular formula is C24H22ClF3N4O3S. The van der Waals surface area contributed by atoms with Gasteiger partial charge in [-0.05, 0) is 35.6 Å². The zero-order valence-corrected chi connectivity index (χ0v) is 20.4. The van der Waals surface area contributed by atoms with Crippen LogP contribution in [0.25, 0.3) is 0 Å². The Morgan fingerprint density at radius 2 is 1.81 bits per heavy atom. The van der Waals surface area contributed by atoms with Gasteiger partial charge in [0.15, 0.2) is 0 Å². The highest BCUT2D eigenvalue weighted by molar-refractivity contribution is 7.89. The predicted molar refractivity (Wildman–Crippen MR) is 125 cm³/mol. The zero-order chi connectivity index (χ0) is 25.7. The lowest BCUT2D eigenvalue weighted by Crippen LogP contribution is -2.37. The third-order valence-corrected chi connectivity index (χ3v) is 8.93. The molecule has 7 nitrogen and oxygen atoms in total. The fourth-order valence-corrected chi connectivity index (χ4v) is 6.65. The van der Waals surface area contributed by atoms with Gasteiger partial charge in [-0.1, -0.05) is 41.9 Å². The van der Waals surface area contributed by atoms with Crippen molar-refractivity contribution in [3.63, 3.8) is 0 Å². The van der Waals surface area contributed by atoms with Gasteiger partial charge < -0.3 is 9.88 Å². The topological polar surface area (TPSA) is 86.4 Å². The highest BCUT2D eigenvalue weighted by Crippen LogP contribution is 2.54. The molecule has 2 fully saturated rings. The first-order valence-electron chi connectivity index (χ1n) is 11.2. The van der Waals surface area contributed by atoms with E-state index in [1.165, 1.54) is 6.33 Å². The molecule has 3 aromatic rings. The molecule has 2 atom stereocenters. The normalized spacial score (nSPS) is 21.8. The average molecular weight is 539 g/mol. The van der Waals surface area contributed by atoms with Crippen molar-refractivity contribution in [1.29, 1.82) is 0 Å². The summed E-state index contributed by atoms with van der Waals surface area (Å²) in [5.41, 5.74) is 0.541. The lowest BCUT2D eigenvalue weighted by molar-refractivity contribution is -0.137. The van der Waals surface area contributed by atoms with Gasteiger partial charge in [0.2, 0.25) is 15.9 Å². The number of H-pyrrole nitrogens is 1. The Labute approximate surface area is 210 Å². The molecule has 1 aliphatic heterocycles. The van der Waals surface area contributed by atoms with Crippen LogP contribution in [0.15, 0.2) is 66.0 Å². The van der Waals surface area contributed by atoms with E-state index in [0.29, 0.717) is 19.2 Å². The van der Waals surface area contributed by atoms with E-state index in [0.717, 1.165) is 27.7 Å². The van der Waals surface area contributed by atoms with E-state index >= 15 is 0 Å². The monoisotopic (exact) mass is 538 g/mol. The van der Waals surface area contributed by atoms with Crippen LogP contribution in [0.3, 0.4) is 0 Å². The Balaban J connectivity index is 1.30. The summed E-state index contributed by atoms with van der Waals surface area (Å²) in [6, 6.07) is 12.1. The average Bonchev–Trinajstić information content (AvgIpc) is 3.18. The van der Waals surface area contributed by atoms with Gasteiger partial charge in [-0.25, -0.2) is 13.4 Å². The van der Waals surface area contributed by atoms with E-state index in [2.05, 4.69) is 9.97 Å². The molecule has 190 valence electrons. The highest BCUT2D eigenvalue weighted by Gasteiger charge is 2.62.